The summed E-state index contributed by atoms with van der Waals surface area (Å²) in [5, 5.41) is 3.55. The molecule has 1 aliphatic heterocycles. The van der Waals surface area contributed by atoms with Gasteiger partial charge >= 0.3 is 0 Å². The zero-order chi connectivity index (χ0) is 14.8. The summed E-state index contributed by atoms with van der Waals surface area (Å²) in [4.78, 5) is 20.9. The van der Waals surface area contributed by atoms with Crippen molar-refractivity contribution in [3.63, 3.8) is 0 Å². The van der Waals surface area contributed by atoms with Crippen LogP contribution in [0.15, 0.2) is 34.2 Å². The lowest BCUT2D eigenvalue weighted by atomic mass is 10.2. The van der Waals surface area contributed by atoms with E-state index in [1.165, 1.54) is 0 Å². The molecule has 0 saturated carbocycles. The first kappa shape index (κ1) is 14.8. The van der Waals surface area contributed by atoms with Crippen LogP contribution in [0.2, 0.25) is 5.02 Å². The molecule has 2 heterocycles. The smallest absolute Gasteiger partial charge is 0.254 e. The van der Waals surface area contributed by atoms with Crippen LogP contribution in [0.4, 0.5) is 5.13 Å². The average molecular weight is 387 g/mol. The van der Waals surface area contributed by atoms with Gasteiger partial charge in [0.1, 0.15) is 0 Å². The van der Waals surface area contributed by atoms with Gasteiger partial charge in [0.25, 0.3) is 5.91 Å². The summed E-state index contributed by atoms with van der Waals surface area (Å²) in [6, 6.07) is 5.31. The molecule has 7 heteroatoms. The number of aromatic nitrogens is 1. The monoisotopic (exact) mass is 385 g/mol. The van der Waals surface area contributed by atoms with Crippen LogP contribution in [0, 0.1) is 0 Å². The summed E-state index contributed by atoms with van der Waals surface area (Å²) < 4.78 is 0.800. The molecule has 1 aliphatic rings. The topological polar surface area (TPSA) is 36.4 Å². The molecule has 0 N–H and O–H groups in total. The molecule has 21 heavy (non-hydrogen) atoms. The zero-order valence-corrected chi connectivity index (χ0v) is 14.3. The fourth-order valence-electron chi connectivity index (χ4n) is 2.28. The third kappa shape index (κ3) is 3.22. The van der Waals surface area contributed by atoms with Crippen LogP contribution in [0.5, 0.6) is 0 Å². The van der Waals surface area contributed by atoms with E-state index in [0.29, 0.717) is 23.7 Å². The molecule has 110 valence electrons. The summed E-state index contributed by atoms with van der Waals surface area (Å²) in [6.45, 7) is 3.02. The number of carbonyl (C=O) groups excluding carboxylic acids is 1. The van der Waals surface area contributed by atoms with Crippen LogP contribution in [-0.2, 0) is 0 Å². The Morgan fingerprint density at radius 2 is 2.05 bits per heavy atom. The molecule has 0 bridgehead atoms. The van der Waals surface area contributed by atoms with Crippen molar-refractivity contribution in [2.45, 2.75) is 0 Å². The Morgan fingerprint density at radius 1 is 1.29 bits per heavy atom. The molecule has 1 aromatic carbocycles. The maximum Gasteiger partial charge on any atom is 0.254 e. The summed E-state index contributed by atoms with van der Waals surface area (Å²) in [7, 11) is 0. The van der Waals surface area contributed by atoms with Crippen molar-refractivity contribution in [2.24, 2.45) is 0 Å². The highest BCUT2D eigenvalue weighted by atomic mass is 79.9. The average Bonchev–Trinajstić information content (AvgIpc) is 3.04. The molecule has 2 aromatic rings. The van der Waals surface area contributed by atoms with Gasteiger partial charge in [-0.25, -0.2) is 4.98 Å². The quantitative estimate of drug-likeness (QED) is 0.792. The van der Waals surface area contributed by atoms with Gasteiger partial charge in [0.05, 0.1) is 5.02 Å². The van der Waals surface area contributed by atoms with Gasteiger partial charge in [-0.1, -0.05) is 11.6 Å². The van der Waals surface area contributed by atoms with Gasteiger partial charge < -0.3 is 9.80 Å². The van der Waals surface area contributed by atoms with Crippen molar-refractivity contribution in [2.75, 3.05) is 31.1 Å². The SMILES string of the molecule is O=C(c1ccc(Br)c(Cl)c1)N1CCN(c2nccs2)CC1. The molecule has 1 amide bonds. The van der Waals surface area contributed by atoms with Gasteiger partial charge in [0, 0.05) is 47.8 Å². The Morgan fingerprint density at radius 3 is 2.67 bits per heavy atom. The number of nitrogens with zero attached hydrogens (tertiary/aromatic N) is 3. The van der Waals surface area contributed by atoms with Gasteiger partial charge in [-0.3, -0.25) is 4.79 Å². The second kappa shape index (κ2) is 6.34. The first-order valence-electron chi connectivity index (χ1n) is 6.54. The predicted octanol–water partition coefficient (Wildman–Crippen LogP) is 3.52. The van der Waals surface area contributed by atoms with E-state index >= 15 is 0 Å². The van der Waals surface area contributed by atoms with E-state index in [1.807, 2.05) is 10.3 Å². The van der Waals surface area contributed by atoms with Crippen molar-refractivity contribution < 1.29 is 4.79 Å². The second-order valence-electron chi connectivity index (χ2n) is 4.72. The van der Waals surface area contributed by atoms with E-state index in [4.69, 9.17) is 11.6 Å². The molecule has 1 aromatic heterocycles. The van der Waals surface area contributed by atoms with Gasteiger partial charge in [0.2, 0.25) is 0 Å². The Kier molecular flexibility index (Phi) is 4.47. The molecular formula is C14H13BrClN3OS. The molecule has 4 nitrogen and oxygen atoms in total. The van der Waals surface area contributed by atoms with Gasteiger partial charge in [-0.15, -0.1) is 11.3 Å². The number of piperazine rings is 1. The van der Waals surface area contributed by atoms with Crippen LogP contribution < -0.4 is 4.90 Å². The lowest BCUT2D eigenvalue weighted by Gasteiger charge is -2.34. The van der Waals surface area contributed by atoms with E-state index in [1.54, 1.807) is 35.7 Å². The molecule has 0 radical (unpaired) electrons. The summed E-state index contributed by atoms with van der Waals surface area (Å²) in [5.41, 5.74) is 0.630. The van der Waals surface area contributed by atoms with Crippen molar-refractivity contribution in [3.8, 4) is 0 Å². The molecule has 0 aliphatic carbocycles. The van der Waals surface area contributed by atoms with Crippen molar-refractivity contribution in [3.05, 3.63) is 44.8 Å². The van der Waals surface area contributed by atoms with E-state index < -0.39 is 0 Å². The molecule has 1 fully saturated rings. The van der Waals surface area contributed by atoms with Crippen LogP contribution >= 0.6 is 38.9 Å². The molecule has 0 atom stereocenters. The molecule has 1 saturated heterocycles. The Hall–Kier alpha value is -1.11. The third-order valence-electron chi connectivity index (χ3n) is 3.42. The fraction of sp³-hybridized carbons (Fsp3) is 0.286. The number of anilines is 1. The Balaban J connectivity index is 1.66. The maximum atomic E-state index is 12.5. The number of benzene rings is 1. The van der Waals surface area contributed by atoms with Crippen LogP contribution in [0.1, 0.15) is 10.4 Å². The third-order valence-corrected chi connectivity index (χ3v) is 5.49. The summed E-state index contributed by atoms with van der Waals surface area (Å²) >= 11 is 11.0. The number of hydrogen-bond donors (Lipinski definition) is 0. The fourth-order valence-corrected chi connectivity index (χ4v) is 3.41. The highest BCUT2D eigenvalue weighted by molar-refractivity contribution is 9.10. The van der Waals surface area contributed by atoms with Crippen LogP contribution in [0.3, 0.4) is 0 Å². The molecular weight excluding hydrogens is 374 g/mol. The van der Waals surface area contributed by atoms with Crippen LogP contribution in [0.25, 0.3) is 0 Å². The maximum absolute atomic E-state index is 12.5. The van der Waals surface area contributed by atoms with Crippen LogP contribution in [-0.4, -0.2) is 42.0 Å². The standard InChI is InChI=1S/C14H13BrClN3OS/c15-11-2-1-10(9-12(11)16)13(20)18-4-6-19(7-5-18)14-17-3-8-21-14/h1-3,8-9H,4-7H2. The number of hydrogen-bond acceptors (Lipinski definition) is 4. The second-order valence-corrected chi connectivity index (χ2v) is 6.86. The highest BCUT2D eigenvalue weighted by Crippen LogP contribution is 2.24. The Bertz CT molecular complexity index is 642. The van der Waals surface area contributed by atoms with E-state index in [9.17, 15) is 4.79 Å². The first-order chi connectivity index (χ1) is 10.1. The van der Waals surface area contributed by atoms with Gasteiger partial charge in [-0.05, 0) is 34.1 Å². The van der Waals surface area contributed by atoms with E-state index in [-0.39, 0.29) is 5.91 Å². The minimum atomic E-state index is 0.0307. The van der Waals surface area contributed by atoms with Gasteiger partial charge in [-0.2, -0.15) is 0 Å². The van der Waals surface area contributed by atoms with Crippen molar-refractivity contribution in [1.29, 1.82) is 0 Å². The number of thiazole rings is 1. The first-order valence-corrected chi connectivity index (χ1v) is 8.59. The number of carbonyl (C=O) groups is 1. The van der Waals surface area contributed by atoms with E-state index in [0.717, 1.165) is 22.7 Å². The van der Waals surface area contributed by atoms with Gasteiger partial charge in [0.15, 0.2) is 5.13 Å². The lowest BCUT2D eigenvalue weighted by molar-refractivity contribution is 0.0747. The largest absolute Gasteiger partial charge is 0.345 e. The van der Waals surface area contributed by atoms with E-state index in [2.05, 4.69) is 25.8 Å². The Labute approximate surface area is 140 Å². The van der Waals surface area contributed by atoms with Crippen molar-refractivity contribution >= 4 is 49.9 Å². The normalized spacial score (nSPS) is 15.3. The number of amides is 1. The zero-order valence-electron chi connectivity index (χ0n) is 11.1. The molecule has 0 spiro atoms. The van der Waals surface area contributed by atoms with Crippen molar-refractivity contribution in [1.82, 2.24) is 9.88 Å². The minimum Gasteiger partial charge on any atom is -0.345 e. The number of rotatable bonds is 2. The highest BCUT2D eigenvalue weighted by Gasteiger charge is 2.23. The number of halogens is 2. The molecule has 3 rings (SSSR count). The predicted molar refractivity (Wildman–Crippen MR) is 89.4 cm³/mol. The minimum absolute atomic E-state index is 0.0307. The summed E-state index contributed by atoms with van der Waals surface area (Å²) in [6.07, 6.45) is 1.81. The molecule has 0 unspecified atom stereocenters. The summed E-state index contributed by atoms with van der Waals surface area (Å²) in [5.74, 6) is 0.0307. The lowest BCUT2D eigenvalue weighted by Crippen LogP contribution is -2.48.